The van der Waals surface area contributed by atoms with Gasteiger partial charge in [0.25, 0.3) is 0 Å². The van der Waals surface area contributed by atoms with Crippen molar-refractivity contribution in [2.75, 3.05) is 0 Å². The predicted octanol–water partition coefficient (Wildman–Crippen LogP) is 1.79. The maximum absolute atomic E-state index is 13.1. The van der Waals surface area contributed by atoms with Gasteiger partial charge in [0, 0.05) is 11.6 Å². The molecule has 1 aromatic carbocycles. The minimum Gasteiger partial charge on any atom is -0.405 e. The Morgan fingerprint density at radius 2 is 2.23 bits per heavy atom. The van der Waals surface area contributed by atoms with Gasteiger partial charge in [-0.05, 0) is 19.4 Å². The molecule has 1 atom stereocenters. The monoisotopic (exact) mass is 185 g/mol. The largest absolute Gasteiger partial charge is 0.405 e. The lowest BCUT2D eigenvalue weighted by atomic mass is 10.1. The van der Waals surface area contributed by atoms with Gasteiger partial charge in [0.05, 0.1) is 0 Å². The van der Waals surface area contributed by atoms with Crippen molar-refractivity contribution in [2.24, 2.45) is 0 Å². The molecule has 0 bridgehead atoms. The average Bonchev–Trinajstić information content (AvgIpc) is 2.12. The third-order valence-corrected chi connectivity index (χ3v) is 2.02. The average molecular weight is 185 g/mol. The molecule has 0 amide bonds. The normalized spacial score (nSPS) is 20.7. The topological polar surface area (TPSA) is 21.3 Å². The molecule has 0 aromatic heterocycles. The molecule has 1 heterocycles. The maximum Gasteiger partial charge on any atom is 0.203 e. The molecule has 1 aliphatic rings. The van der Waals surface area contributed by atoms with Crippen molar-refractivity contribution in [2.45, 2.75) is 19.4 Å². The van der Waals surface area contributed by atoms with E-state index in [0.29, 0.717) is 12.0 Å². The summed E-state index contributed by atoms with van der Waals surface area (Å²) in [5, 5.41) is 0. The predicted molar refractivity (Wildman–Crippen MR) is 43.3 cm³/mol. The highest BCUT2D eigenvalue weighted by atomic mass is 19.2. The third-order valence-electron chi connectivity index (χ3n) is 2.02. The van der Waals surface area contributed by atoms with Crippen LogP contribution in [0.15, 0.2) is 12.1 Å². The summed E-state index contributed by atoms with van der Waals surface area (Å²) in [6.07, 6.45) is 0.645. The maximum atomic E-state index is 13.1. The van der Waals surface area contributed by atoms with E-state index in [1.165, 1.54) is 0 Å². The molecule has 0 aliphatic carbocycles. The fraction of sp³-hybridized carbons (Fsp3) is 0.333. The molecule has 0 fully saturated rings. The summed E-state index contributed by atoms with van der Waals surface area (Å²) in [7, 11) is 0. The number of halogens is 2. The molecular weight excluding hydrogens is 176 g/mol. The van der Waals surface area contributed by atoms with Crippen molar-refractivity contribution in [3.05, 3.63) is 29.3 Å². The molecule has 0 radical (unpaired) electrons. The first-order valence-corrected chi connectivity index (χ1v) is 4.07. The van der Waals surface area contributed by atoms with E-state index in [9.17, 15) is 8.78 Å². The highest BCUT2D eigenvalue weighted by Gasteiger charge is 2.21. The molecular formula is C9H9F2NO. The van der Waals surface area contributed by atoms with Crippen LogP contribution < -0.4 is 10.3 Å². The van der Waals surface area contributed by atoms with Crippen LogP contribution in [0.5, 0.6) is 5.75 Å². The van der Waals surface area contributed by atoms with Gasteiger partial charge in [0.2, 0.25) is 5.82 Å². The van der Waals surface area contributed by atoms with E-state index in [4.69, 9.17) is 4.84 Å². The van der Waals surface area contributed by atoms with Gasteiger partial charge in [-0.15, -0.1) is 0 Å². The van der Waals surface area contributed by atoms with Gasteiger partial charge in [0.1, 0.15) is 0 Å². The number of benzene rings is 1. The smallest absolute Gasteiger partial charge is 0.203 e. The summed E-state index contributed by atoms with van der Waals surface area (Å²) in [6, 6.07) is 2.79. The Morgan fingerprint density at radius 3 is 3.00 bits per heavy atom. The summed E-state index contributed by atoms with van der Waals surface area (Å²) in [4.78, 5) is 4.88. The second kappa shape index (κ2) is 2.96. The van der Waals surface area contributed by atoms with E-state index in [1.54, 1.807) is 6.07 Å². The molecule has 70 valence electrons. The van der Waals surface area contributed by atoms with Crippen molar-refractivity contribution in [1.29, 1.82) is 0 Å². The van der Waals surface area contributed by atoms with Crippen LogP contribution >= 0.6 is 0 Å². The van der Waals surface area contributed by atoms with Gasteiger partial charge in [-0.3, -0.25) is 0 Å². The summed E-state index contributed by atoms with van der Waals surface area (Å²) in [5.74, 6) is -1.81. The molecule has 2 nitrogen and oxygen atoms in total. The van der Waals surface area contributed by atoms with Gasteiger partial charge >= 0.3 is 0 Å². The van der Waals surface area contributed by atoms with E-state index in [2.05, 4.69) is 5.48 Å². The van der Waals surface area contributed by atoms with Crippen molar-refractivity contribution in [1.82, 2.24) is 5.48 Å². The molecule has 0 unspecified atom stereocenters. The SMILES string of the molecule is C[C@H]1Cc2ccc(F)c(F)c2ON1. The van der Waals surface area contributed by atoms with Crippen molar-refractivity contribution < 1.29 is 13.6 Å². The number of fused-ring (bicyclic) bond motifs is 1. The third kappa shape index (κ3) is 1.37. The second-order valence-electron chi connectivity index (χ2n) is 3.17. The van der Waals surface area contributed by atoms with Crippen LogP contribution in [0.3, 0.4) is 0 Å². The first kappa shape index (κ1) is 8.44. The lowest BCUT2D eigenvalue weighted by Gasteiger charge is -2.23. The Balaban J connectivity index is 2.47. The fourth-order valence-corrected chi connectivity index (χ4v) is 1.37. The molecule has 1 aromatic rings. The molecule has 1 N–H and O–H groups in total. The fourth-order valence-electron chi connectivity index (χ4n) is 1.37. The molecule has 0 spiro atoms. The number of nitrogens with one attached hydrogen (secondary N) is 1. The van der Waals surface area contributed by atoms with Gasteiger partial charge in [-0.2, -0.15) is 9.87 Å². The van der Waals surface area contributed by atoms with E-state index in [1.807, 2.05) is 6.92 Å². The highest BCUT2D eigenvalue weighted by Crippen LogP contribution is 2.28. The Labute approximate surface area is 74.5 Å². The van der Waals surface area contributed by atoms with Crippen molar-refractivity contribution in [3.63, 3.8) is 0 Å². The van der Waals surface area contributed by atoms with Gasteiger partial charge in [-0.25, -0.2) is 4.39 Å². The van der Waals surface area contributed by atoms with E-state index in [0.717, 1.165) is 6.07 Å². The van der Waals surface area contributed by atoms with E-state index < -0.39 is 11.6 Å². The number of hydroxylamine groups is 1. The number of hydrogen-bond acceptors (Lipinski definition) is 2. The minimum absolute atomic E-state index is 0.0156. The lowest BCUT2D eigenvalue weighted by molar-refractivity contribution is 0.132. The highest BCUT2D eigenvalue weighted by molar-refractivity contribution is 5.37. The first-order chi connectivity index (χ1) is 6.18. The zero-order valence-corrected chi connectivity index (χ0v) is 7.10. The molecule has 0 saturated carbocycles. The van der Waals surface area contributed by atoms with Gasteiger partial charge in [-0.1, -0.05) is 6.07 Å². The summed E-state index contributed by atoms with van der Waals surface area (Å²) < 4.78 is 25.8. The molecule has 0 saturated heterocycles. The van der Waals surface area contributed by atoms with Gasteiger partial charge < -0.3 is 4.84 Å². The minimum atomic E-state index is -0.920. The Hall–Kier alpha value is -1.16. The first-order valence-electron chi connectivity index (χ1n) is 4.07. The summed E-state index contributed by atoms with van der Waals surface area (Å²) in [6.45, 7) is 1.91. The standard InChI is InChI=1S/C9H9F2NO/c1-5-4-6-2-3-7(10)8(11)9(6)13-12-5/h2-3,5,12H,4H2,1H3/t5-/m0/s1. The van der Waals surface area contributed by atoms with Gasteiger partial charge in [0.15, 0.2) is 11.6 Å². The Kier molecular flexibility index (Phi) is 1.92. The van der Waals surface area contributed by atoms with Crippen LogP contribution in [-0.2, 0) is 6.42 Å². The number of rotatable bonds is 0. The van der Waals surface area contributed by atoms with Crippen molar-refractivity contribution in [3.8, 4) is 5.75 Å². The van der Waals surface area contributed by atoms with Crippen LogP contribution in [0, 0.1) is 11.6 Å². The Morgan fingerprint density at radius 1 is 1.46 bits per heavy atom. The summed E-state index contributed by atoms with van der Waals surface area (Å²) >= 11 is 0. The van der Waals surface area contributed by atoms with Crippen LogP contribution in [0.4, 0.5) is 8.78 Å². The van der Waals surface area contributed by atoms with Crippen LogP contribution in [0.1, 0.15) is 12.5 Å². The van der Waals surface area contributed by atoms with Crippen LogP contribution in [0.2, 0.25) is 0 Å². The lowest BCUT2D eigenvalue weighted by Crippen LogP contribution is -2.36. The number of hydrogen-bond donors (Lipinski definition) is 1. The Bertz CT molecular complexity index is 341. The second-order valence-corrected chi connectivity index (χ2v) is 3.17. The van der Waals surface area contributed by atoms with Crippen LogP contribution in [-0.4, -0.2) is 6.04 Å². The zero-order chi connectivity index (χ0) is 9.42. The summed E-state index contributed by atoms with van der Waals surface area (Å²) in [5.41, 5.74) is 3.30. The van der Waals surface area contributed by atoms with Crippen molar-refractivity contribution >= 4 is 0 Å². The molecule has 13 heavy (non-hydrogen) atoms. The van der Waals surface area contributed by atoms with E-state index in [-0.39, 0.29) is 11.8 Å². The molecule has 1 aliphatic heterocycles. The quantitative estimate of drug-likeness (QED) is 0.665. The zero-order valence-electron chi connectivity index (χ0n) is 7.10. The van der Waals surface area contributed by atoms with E-state index >= 15 is 0 Å². The van der Waals surface area contributed by atoms with Crippen LogP contribution in [0.25, 0.3) is 0 Å². The molecule has 2 rings (SSSR count). The molecule has 4 heteroatoms.